The second-order valence-corrected chi connectivity index (χ2v) is 2.65. The number of nitrogens with one attached hydrogen (secondary N) is 1. The highest BCUT2D eigenvalue weighted by Crippen LogP contribution is 2.02. The Balaban J connectivity index is 2.83. The normalized spacial score (nSPS) is 11.4. The van der Waals surface area contributed by atoms with E-state index in [0.717, 1.165) is 0 Å². The summed E-state index contributed by atoms with van der Waals surface area (Å²) in [4.78, 5) is 3.60. The fourth-order valence-corrected chi connectivity index (χ4v) is 0.765. The molecule has 10 nitrogen and oxygen atoms in total. The summed E-state index contributed by atoms with van der Waals surface area (Å²) in [7, 11) is -4.67. The van der Waals surface area contributed by atoms with Gasteiger partial charge in [0.1, 0.15) is 0 Å². The van der Waals surface area contributed by atoms with E-state index in [2.05, 4.69) is 14.5 Å². The summed E-state index contributed by atoms with van der Waals surface area (Å²) in [5.41, 5.74) is 7.06. The van der Waals surface area contributed by atoms with Crippen LogP contribution in [0.15, 0.2) is 0 Å². The van der Waals surface area contributed by atoms with Crippen molar-refractivity contribution < 1.29 is 28.6 Å². The van der Waals surface area contributed by atoms with Crippen LogP contribution in [0.2, 0.25) is 0 Å². The average molecular weight is 213 g/mol. The Bertz CT molecular complexity index is 293. The lowest BCUT2D eigenvalue weighted by molar-refractivity contribution is -1.92. The van der Waals surface area contributed by atoms with Crippen LogP contribution >= 0.6 is 0 Å². The summed E-state index contributed by atoms with van der Waals surface area (Å²) < 4.78 is 33.9. The highest BCUT2D eigenvalue weighted by Gasteiger charge is 2.24. The molecule has 0 bridgehead atoms. The Labute approximate surface area is 73.4 Å². The van der Waals surface area contributed by atoms with Gasteiger partial charge in [-0.3, -0.25) is 5.43 Å². The van der Waals surface area contributed by atoms with E-state index in [9.17, 15) is 14.0 Å². The number of nitrogens with zero attached hydrogens (tertiary/aromatic N) is 3. The van der Waals surface area contributed by atoms with Crippen LogP contribution in [0.1, 0.15) is 0 Å². The van der Waals surface area contributed by atoms with E-state index >= 15 is 0 Å². The molecule has 5 N–H and O–H groups in total. The zero-order valence-electron chi connectivity index (χ0n) is 6.01. The number of nitrogens with two attached hydrogens (primary N) is 2. The maximum atomic E-state index is 10.0. The maximum absolute atomic E-state index is 10.0. The highest BCUT2D eigenvalue weighted by molar-refractivity contribution is 5.28. The van der Waals surface area contributed by atoms with E-state index in [1.165, 1.54) is 0 Å². The average Bonchev–Trinajstić information content (AvgIpc) is 2.29. The molecule has 74 valence electrons. The van der Waals surface area contributed by atoms with E-state index < -0.39 is 16.2 Å². The molecule has 0 amide bonds. The van der Waals surface area contributed by atoms with Gasteiger partial charge in [-0.05, 0) is 0 Å². The van der Waals surface area contributed by atoms with Crippen molar-refractivity contribution in [2.75, 3.05) is 11.2 Å². The summed E-state index contributed by atoms with van der Waals surface area (Å²) in [6, 6.07) is 0. The number of nitrogen functional groups attached to an aromatic ring is 2. The Morgan fingerprint density at radius 3 is 2.46 bits per heavy atom. The molecular formula is C2H5ClN6O4. The Hall–Kier alpha value is -1.33. The molecule has 0 aliphatic rings. The van der Waals surface area contributed by atoms with Gasteiger partial charge in [0.05, 0.1) is 9.24 Å². The van der Waals surface area contributed by atoms with E-state index in [-0.39, 0.29) is 10.8 Å². The van der Waals surface area contributed by atoms with Gasteiger partial charge in [-0.25, -0.2) is 5.84 Å². The molecule has 0 radical (unpaired) electrons. The summed E-state index contributed by atoms with van der Waals surface area (Å²) >= 11 is 0. The molecule has 1 rings (SSSR count). The molecule has 13 heavy (non-hydrogen) atoms. The van der Waals surface area contributed by atoms with Gasteiger partial charge in [-0.15, -0.1) is 0 Å². The van der Waals surface area contributed by atoms with Gasteiger partial charge in [-0.1, -0.05) is 5.10 Å². The third-order valence-corrected chi connectivity index (χ3v) is 1.18. The van der Waals surface area contributed by atoms with Crippen LogP contribution in [0.4, 0.5) is 11.9 Å². The van der Waals surface area contributed by atoms with Crippen LogP contribution < -0.4 is 35.4 Å². The van der Waals surface area contributed by atoms with Crippen LogP contribution in [-0.4, -0.2) is 14.9 Å². The van der Waals surface area contributed by atoms with Crippen molar-refractivity contribution in [3.05, 3.63) is 0 Å². The smallest absolute Gasteiger partial charge is 0.274 e. The second kappa shape index (κ2) is 3.20. The third-order valence-electron chi connectivity index (χ3n) is 0.881. The first-order valence-corrected chi connectivity index (χ1v) is 3.96. The lowest BCUT2D eigenvalue weighted by Crippen LogP contribution is -2.65. The molecule has 0 fully saturated rings. The van der Waals surface area contributed by atoms with Gasteiger partial charge in [-0.2, -0.15) is 19.0 Å². The number of hydrazine groups is 1. The van der Waals surface area contributed by atoms with Crippen molar-refractivity contribution in [2.24, 2.45) is 5.84 Å². The van der Waals surface area contributed by atoms with Crippen LogP contribution in [0.3, 0.4) is 0 Å². The van der Waals surface area contributed by atoms with Crippen LogP contribution in [0, 0.1) is 10.2 Å². The molecule has 0 aromatic carbocycles. The minimum atomic E-state index is -4.67. The van der Waals surface area contributed by atoms with Crippen molar-refractivity contribution in [3.8, 4) is 0 Å². The van der Waals surface area contributed by atoms with Gasteiger partial charge in [0.15, 0.2) is 10.2 Å². The second-order valence-electron chi connectivity index (χ2n) is 1.76. The molecule has 0 unspecified atom stereocenters. The predicted octanol–water partition coefficient (Wildman–Crippen LogP) is -5.53. The first-order chi connectivity index (χ1) is 5.92. The van der Waals surface area contributed by atoms with Crippen LogP contribution in [0.5, 0.6) is 0 Å². The number of anilines is 2. The SMILES string of the molecule is NNc1nc(N)n(O[Cl+3]([O-])([O-])[O-])n1. The maximum Gasteiger partial charge on any atom is 0.274 e. The Kier molecular flexibility index (Phi) is 2.40. The number of hydrogen-bond donors (Lipinski definition) is 3. The van der Waals surface area contributed by atoms with Crippen molar-refractivity contribution in [1.29, 1.82) is 0 Å². The van der Waals surface area contributed by atoms with Crippen molar-refractivity contribution in [3.63, 3.8) is 0 Å². The largest absolute Gasteiger partial charge is 0.365 e. The minimum absolute atomic E-state index is 0.184. The number of rotatable bonds is 3. The summed E-state index contributed by atoms with van der Waals surface area (Å²) in [5.74, 6) is 4.25. The molecule has 1 aromatic rings. The zero-order chi connectivity index (χ0) is 10.1. The number of hydrogen-bond acceptors (Lipinski definition) is 9. The van der Waals surface area contributed by atoms with Gasteiger partial charge < -0.3 is 5.73 Å². The fourth-order valence-electron chi connectivity index (χ4n) is 0.503. The van der Waals surface area contributed by atoms with Crippen LogP contribution in [0.25, 0.3) is 0 Å². The molecule has 1 aromatic heterocycles. The molecular weight excluding hydrogens is 208 g/mol. The monoisotopic (exact) mass is 212 g/mol. The fraction of sp³-hybridized carbons (Fsp3) is 0. The molecule has 1 heterocycles. The predicted molar refractivity (Wildman–Crippen MR) is 28.8 cm³/mol. The standard InChI is InChI=1S/C2H5ClN6O4/c4-1-6-2(7-5)8-9(1)13-3(10,11)12/h5H2,(H3,4,6,7,8). The molecule has 0 aliphatic heterocycles. The van der Waals surface area contributed by atoms with Crippen molar-refractivity contribution >= 4 is 11.9 Å². The summed E-state index contributed by atoms with van der Waals surface area (Å²) in [5, 5.41) is 3.25. The lowest BCUT2D eigenvalue weighted by atomic mass is 11.0. The number of aromatic nitrogens is 3. The zero-order valence-corrected chi connectivity index (χ0v) is 6.76. The lowest BCUT2D eigenvalue weighted by Gasteiger charge is -2.09. The first kappa shape index (κ1) is 9.76. The van der Waals surface area contributed by atoms with Gasteiger partial charge in [0.2, 0.25) is 0 Å². The number of halogens is 1. The first-order valence-electron chi connectivity index (χ1n) is 2.72. The molecule has 0 aliphatic carbocycles. The van der Waals surface area contributed by atoms with E-state index in [0.29, 0.717) is 0 Å². The topological polar surface area (TPSA) is 173 Å². The van der Waals surface area contributed by atoms with E-state index in [1.54, 1.807) is 0 Å². The third kappa shape index (κ3) is 2.57. The van der Waals surface area contributed by atoms with Crippen LogP contribution in [-0.2, 0) is 0 Å². The van der Waals surface area contributed by atoms with E-state index in [4.69, 9.17) is 11.6 Å². The van der Waals surface area contributed by atoms with E-state index in [1.807, 2.05) is 5.43 Å². The highest BCUT2D eigenvalue weighted by atomic mass is 35.7. The quantitative estimate of drug-likeness (QED) is 0.326. The van der Waals surface area contributed by atoms with Crippen molar-refractivity contribution in [2.45, 2.75) is 0 Å². The van der Waals surface area contributed by atoms with Gasteiger partial charge in [0, 0.05) is 0 Å². The Morgan fingerprint density at radius 2 is 2.08 bits per heavy atom. The summed E-state index contributed by atoms with van der Waals surface area (Å²) in [6.07, 6.45) is 0. The van der Waals surface area contributed by atoms with Gasteiger partial charge >= 0.3 is 0 Å². The minimum Gasteiger partial charge on any atom is -0.365 e. The molecule has 0 atom stereocenters. The van der Waals surface area contributed by atoms with Crippen molar-refractivity contribution in [1.82, 2.24) is 14.9 Å². The van der Waals surface area contributed by atoms with Gasteiger partial charge in [0.25, 0.3) is 11.9 Å². The molecule has 0 saturated carbocycles. The molecule has 0 saturated heterocycles. The molecule has 11 heteroatoms. The molecule has 0 spiro atoms. The summed E-state index contributed by atoms with van der Waals surface area (Å²) in [6.45, 7) is 0. The Morgan fingerprint density at radius 1 is 1.46 bits per heavy atom.